The van der Waals surface area contributed by atoms with Crippen LogP contribution >= 0.6 is 0 Å². The van der Waals surface area contributed by atoms with Crippen molar-refractivity contribution in [2.24, 2.45) is 0 Å². The fourth-order valence-electron chi connectivity index (χ4n) is 7.72. The van der Waals surface area contributed by atoms with Crippen molar-refractivity contribution in [3.05, 3.63) is 157 Å². The zero-order chi connectivity index (χ0) is 34.3. The van der Waals surface area contributed by atoms with Gasteiger partial charge in [0, 0.05) is 40.7 Å². The summed E-state index contributed by atoms with van der Waals surface area (Å²) in [6.07, 6.45) is 3.75. The third-order valence-electron chi connectivity index (χ3n) is 10.1. The second-order valence-electron chi connectivity index (χ2n) is 14.2. The molecule has 0 bridgehead atoms. The quantitative estimate of drug-likeness (QED) is 0.130. The number of ether oxygens (including phenoxy) is 1. The molecule has 2 aliphatic heterocycles. The van der Waals surface area contributed by atoms with Gasteiger partial charge in [-0.1, -0.05) is 92.6 Å². The van der Waals surface area contributed by atoms with Crippen LogP contribution in [0, 0.1) is 12.1 Å². The van der Waals surface area contributed by atoms with E-state index in [1.807, 2.05) is 36.7 Å². The Hall–Kier alpha value is -5.65. The van der Waals surface area contributed by atoms with Crippen LogP contribution in [0.1, 0.15) is 26.3 Å². The van der Waals surface area contributed by atoms with Gasteiger partial charge in [-0.2, -0.15) is 12.1 Å². The number of benzene rings is 5. The maximum Gasteiger partial charge on any atom is 2.00 e. The largest absolute Gasteiger partial charge is 2.00 e. The molecule has 252 valence electrons. The van der Waals surface area contributed by atoms with Crippen LogP contribution in [0.2, 0.25) is 0 Å². The van der Waals surface area contributed by atoms with E-state index in [1.54, 1.807) is 0 Å². The smallest absolute Gasteiger partial charge is 0.509 e. The number of rotatable bonds is 4. The van der Waals surface area contributed by atoms with Gasteiger partial charge >= 0.3 is 28.0 Å². The number of hydrogen-bond donors (Lipinski definition) is 0. The molecule has 5 heterocycles. The topological polar surface area (TPSA) is 46.4 Å². The van der Waals surface area contributed by atoms with E-state index in [0.717, 1.165) is 50.5 Å². The predicted molar refractivity (Wildman–Crippen MR) is 207 cm³/mol. The molecule has 0 fully saturated rings. The van der Waals surface area contributed by atoms with E-state index in [2.05, 4.69) is 150 Å². The van der Waals surface area contributed by atoms with E-state index < -0.39 is 0 Å². The van der Waals surface area contributed by atoms with Gasteiger partial charge in [-0.25, -0.2) is 9.97 Å². The van der Waals surface area contributed by atoms with Gasteiger partial charge in [0.2, 0.25) is 0 Å². The first-order valence-corrected chi connectivity index (χ1v) is 17.3. The molecule has 0 aliphatic carbocycles. The summed E-state index contributed by atoms with van der Waals surface area (Å²) in [6.45, 7) is 6.53. The molecule has 0 spiro atoms. The normalized spacial score (nSPS) is 13.0. The van der Waals surface area contributed by atoms with Gasteiger partial charge in [0.1, 0.15) is 11.6 Å². The fourth-order valence-corrected chi connectivity index (χ4v) is 7.72. The molecular formula is C44H32BN5OPt. The molecule has 2 aliphatic rings. The third-order valence-corrected chi connectivity index (χ3v) is 10.1. The molecule has 0 N–H and O–H groups in total. The molecule has 52 heavy (non-hydrogen) atoms. The van der Waals surface area contributed by atoms with Crippen molar-refractivity contribution in [3.63, 3.8) is 0 Å². The molecule has 8 heteroatoms. The Balaban J connectivity index is 0.00000360. The van der Waals surface area contributed by atoms with Crippen molar-refractivity contribution in [2.45, 2.75) is 26.2 Å². The summed E-state index contributed by atoms with van der Waals surface area (Å²) >= 11 is 0. The molecule has 0 radical (unpaired) electrons. The summed E-state index contributed by atoms with van der Waals surface area (Å²) in [4.78, 5) is 14.4. The first-order chi connectivity index (χ1) is 24.9. The molecular weight excluding hydrogens is 820 g/mol. The Morgan fingerprint density at radius 2 is 1.40 bits per heavy atom. The molecule has 0 atom stereocenters. The van der Waals surface area contributed by atoms with Gasteiger partial charge in [-0.3, -0.25) is 0 Å². The number of aromatic nitrogens is 3. The van der Waals surface area contributed by atoms with Gasteiger partial charge in [0.05, 0.1) is 5.69 Å². The molecule has 0 amide bonds. The summed E-state index contributed by atoms with van der Waals surface area (Å²) in [6, 6.07) is 51.5. The summed E-state index contributed by atoms with van der Waals surface area (Å²) in [7, 11) is 0. The monoisotopic (exact) mass is 852 g/mol. The average molecular weight is 853 g/mol. The first-order valence-electron chi connectivity index (χ1n) is 17.3. The van der Waals surface area contributed by atoms with Crippen LogP contribution in [0.25, 0.3) is 38.8 Å². The van der Waals surface area contributed by atoms with Crippen molar-refractivity contribution in [1.29, 1.82) is 0 Å². The second kappa shape index (κ2) is 12.2. The van der Waals surface area contributed by atoms with Crippen LogP contribution in [0.3, 0.4) is 0 Å². The Morgan fingerprint density at radius 1 is 0.635 bits per heavy atom. The van der Waals surface area contributed by atoms with E-state index in [1.165, 1.54) is 22.2 Å². The van der Waals surface area contributed by atoms with Gasteiger partial charge in [0.25, 0.3) is 0 Å². The number of para-hydroxylation sites is 2. The standard InChI is InChI=1S/C44H32BN5O.Pt/c1-44(2,3)29-23-25-46-42(26-29)48-38-18-8-5-16-35(38)36-22-21-32(28-41(36)48)51-31-13-10-12-30(27-31)49-43-40(20-11-24-47-43)50-39-19-9-6-15-34(39)33-14-4-7-17-37(33)45(49)50;/h4-26H,1-3H3;/q-2;+2. The van der Waals surface area contributed by atoms with E-state index in [4.69, 9.17) is 14.7 Å². The number of fused-ring (bicyclic) bond motifs is 11. The zero-order valence-corrected chi connectivity index (χ0v) is 31.1. The zero-order valence-electron chi connectivity index (χ0n) is 28.8. The maximum absolute atomic E-state index is 6.60. The van der Waals surface area contributed by atoms with Crippen molar-refractivity contribution >= 4 is 57.1 Å². The maximum atomic E-state index is 6.60. The molecule has 0 unspecified atom stereocenters. The molecule has 10 rings (SSSR count). The summed E-state index contributed by atoms with van der Waals surface area (Å²) in [5, 5.41) is 2.24. The van der Waals surface area contributed by atoms with Crippen LogP contribution in [0.15, 0.2) is 140 Å². The van der Waals surface area contributed by atoms with Gasteiger partial charge < -0.3 is 18.9 Å². The molecule has 0 saturated carbocycles. The molecule has 8 aromatic rings. The van der Waals surface area contributed by atoms with Gasteiger partial charge in [-0.15, -0.1) is 35.7 Å². The predicted octanol–water partition coefficient (Wildman–Crippen LogP) is 9.93. The molecule has 6 nitrogen and oxygen atoms in total. The summed E-state index contributed by atoms with van der Waals surface area (Å²) < 4.78 is 8.78. The fraction of sp³-hybridized carbons (Fsp3) is 0.0909. The minimum atomic E-state index is -0.137. The number of hydrogen-bond acceptors (Lipinski definition) is 5. The number of nitrogens with zero attached hydrogens (tertiary/aromatic N) is 5. The van der Waals surface area contributed by atoms with E-state index in [0.29, 0.717) is 11.5 Å². The van der Waals surface area contributed by atoms with E-state index >= 15 is 0 Å². The minimum absolute atomic E-state index is 0. The second-order valence-corrected chi connectivity index (χ2v) is 14.2. The third kappa shape index (κ3) is 4.98. The summed E-state index contributed by atoms with van der Waals surface area (Å²) in [5.41, 5.74) is 9.93. The molecule has 5 aromatic carbocycles. The van der Waals surface area contributed by atoms with Crippen LogP contribution in [0.5, 0.6) is 11.5 Å². The van der Waals surface area contributed by atoms with Crippen LogP contribution in [-0.4, -0.2) is 21.5 Å². The van der Waals surface area contributed by atoms with Crippen LogP contribution < -0.4 is 19.8 Å². The van der Waals surface area contributed by atoms with Gasteiger partial charge in [0.15, 0.2) is 0 Å². The van der Waals surface area contributed by atoms with E-state index in [-0.39, 0.29) is 33.5 Å². The number of anilines is 4. The van der Waals surface area contributed by atoms with Crippen molar-refractivity contribution in [1.82, 2.24) is 14.5 Å². The Bertz CT molecular complexity index is 2670. The van der Waals surface area contributed by atoms with Crippen molar-refractivity contribution in [3.8, 4) is 28.4 Å². The average Bonchev–Trinajstić information content (AvgIpc) is 3.68. The Morgan fingerprint density at radius 3 is 2.29 bits per heavy atom. The van der Waals surface area contributed by atoms with Crippen molar-refractivity contribution < 1.29 is 25.8 Å². The van der Waals surface area contributed by atoms with Crippen LogP contribution in [0.4, 0.5) is 22.9 Å². The van der Waals surface area contributed by atoms with Crippen LogP contribution in [-0.2, 0) is 26.5 Å². The van der Waals surface area contributed by atoms with E-state index in [9.17, 15) is 0 Å². The molecule has 0 saturated heterocycles. The summed E-state index contributed by atoms with van der Waals surface area (Å²) in [5.74, 6) is 2.93. The Labute approximate surface area is 317 Å². The SMILES string of the molecule is CC(C)(C)c1ccnc(-n2c3[c-]c(Oc4[c-]c(N5B6c7ccccc7-c7ccccc7N6c6cccnc65)ccc4)ccc3c3ccccc32)c1.[Pt+2]. The Kier molecular flexibility index (Phi) is 7.60. The number of pyridine rings is 2. The van der Waals surface area contributed by atoms with Crippen molar-refractivity contribution in [2.75, 3.05) is 9.62 Å². The first kappa shape index (κ1) is 32.3. The van der Waals surface area contributed by atoms with Gasteiger partial charge in [-0.05, 0) is 63.8 Å². The molecule has 3 aromatic heterocycles. The minimum Gasteiger partial charge on any atom is -0.509 e.